The van der Waals surface area contributed by atoms with Crippen LogP contribution in [0.5, 0.6) is 0 Å². The summed E-state index contributed by atoms with van der Waals surface area (Å²) >= 11 is 0. The zero-order chi connectivity index (χ0) is 8.43. The van der Waals surface area contributed by atoms with Gasteiger partial charge in [0, 0.05) is 0 Å². The minimum atomic E-state index is -0.125. The summed E-state index contributed by atoms with van der Waals surface area (Å²) in [6.07, 6.45) is 0. The van der Waals surface area contributed by atoms with Crippen molar-refractivity contribution < 1.29 is 5.21 Å². The Kier molecular flexibility index (Phi) is 2.12. The first kappa shape index (κ1) is 8.04. The zero-order valence-corrected chi connectivity index (χ0v) is 6.53. The van der Waals surface area contributed by atoms with Crippen molar-refractivity contribution in [1.29, 1.82) is 0 Å². The van der Waals surface area contributed by atoms with Gasteiger partial charge in [-0.3, -0.25) is 5.21 Å². The number of hydrogen-bond acceptors (Lipinski definition) is 3. The number of anilines is 1. The lowest BCUT2D eigenvalue weighted by atomic mass is 10.1. The molecule has 3 nitrogen and oxygen atoms in total. The van der Waals surface area contributed by atoms with Gasteiger partial charge in [-0.05, 0) is 37.1 Å². The van der Waals surface area contributed by atoms with E-state index in [1.165, 1.54) is 0 Å². The van der Waals surface area contributed by atoms with Crippen molar-refractivity contribution in [3.05, 3.63) is 34.5 Å². The molecule has 0 saturated carbocycles. The van der Waals surface area contributed by atoms with Crippen molar-refractivity contribution in [2.24, 2.45) is 0 Å². The first-order chi connectivity index (χ1) is 5.09. The van der Waals surface area contributed by atoms with E-state index in [2.05, 4.69) is 0 Å². The summed E-state index contributed by atoms with van der Waals surface area (Å²) in [6, 6.07) is 5.19. The fraction of sp³-hybridized carbons (Fsp3) is 0.250. The topological polar surface area (TPSA) is 46.5 Å². The monoisotopic (exact) mass is 152 g/mol. The van der Waals surface area contributed by atoms with Gasteiger partial charge in [-0.15, -0.1) is 0 Å². The van der Waals surface area contributed by atoms with Crippen LogP contribution in [0.25, 0.3) is 0 Å². The number of aryl methyl sites for hydroxylation is 2. The lowest BCUT2D eigenvalue weighted by Crippen LogP contribution is -2.07. The summed E-state index contributed by atoms with van der Waals surface area (Å²) < 4.78 is 0. The third-order valence-electron chi connectivity index (χ3n) is 1.43. The summed E-state index contributed by atoms with van der Waals surface area (Å²) in [5.41, 5.74) is 2.22. The highest BCUT2D eigenvalue weighted by atomic mass is 16.8. The van der Waals surface area contributed by atoms with Crippen LogP contribution in [0.15, 0.2) is 18.2 Å². The van der Waals surface area contributed by atoms with E-state index in [0.717, 1.165) is 11.1 Å². The maximum Gasteiger partial charge on any atom is 0.0514 e. The molecule has 0 aliphatic carbocycles. The maximum absolute atomic E-state index is 10.4. The van der Waals surface area contributed by atoms with E-state index in [-0.39, 0.29) is 10.9 Å². The van der Waals surface area contributed by atoms with Gasteiger partial charge in [-0.1, -0.05) is 6.07 Å². The van der Waals surface area contributed by atoms with Gasteiger partial charge in [0.15, 0.2) is 0 Å². The van der Waals surface area contributed by atoms with Crippen molar-refractivity contribution in [2.75, 3.05) is 5.23 Å². The molecule has 1 rings (SSSR count). The second-order valence-electron chi connectivity index (χ2n) is 2.62. The summed E-state index contributed by atoms with van der Waals surface area (Å²) in [5, 5.41) is 18.8. The number of rotatable bonds is 1. The minimum absolute atomic E-state index is 0.125. The zero-order valence-electron chi connectivity index (χ0n) is 6.53. The largest absolute Gasteiger partial charge is 0.733 e. The fourth-order valence-corrected chi connectivity index (χ4v) is 1.06. The smallest absolute Gasteiger partial charge is 0.0514 e. The fourth-order valence-electron chi connectivity index (χ4n) is 1.06. The molecule has 0 fully saturated rings. The molecule has 0 bridgehead atoms. The SMILES string of the molecule is Cc1cc(C)cc(N([O-])O)c1. The maximum atomic E-state index is 10.4. The average molecular weight is 152 g/mol. The molecule has 1 aromatic rings. The van der Waals surface area contributed by atoms with E-state index < -0.39 is 0 Å². The molecule has 0 heterocycles. The van der Waals surface area contributed by atoms with Gasteiger partial charge >= 0.3 is 0 Å². The van der Waals surface area contributed by atoms with Gasteiger partial charge in [0.2, 0.25) is 0 Å². The molecule has 0 aromatic heterocycles. The van der Waals surface area contributed by atoms with Crippen LogP contribution in [-0.4, -0.2) is 5.21 Å². The summed E-state index contributed by atoms with van der Waals surface area (Å²) in [7, 11) is 0. The van der Waals surface area contributed by atoms with E-state index in [4.69, 9.17) is 5.21 Å². The highest BCUT2D eigenvalue weighted by Gasteiger charge is 1.94. The van der Waals surface area contributed by atoms with Crippen molar-refractivity contribution in [2.45, 2.75) is 13.8 Å². The Labute approximate surface area is 65.4 Å². The van der Waals surface area contributed by atoms with Crippen LogP contribution in [0.1, 0.15) is 11.1 Å². The van der Waals surface area contributed by atoms with Crippen molar-refractivity contribution in [3.8, 4) is 0 Å². The van der Waals surface area contributed by atoms with E-state index in [1.54, 1.807) is 12.1 Å². The molecule has 0 unspecified atom stereocenters. The Morgan fingerprint density at radius 2 is 1.64 bits per heavy atom. The van der Waals surface area contributed by atoms with Crippen molar-refractivity contribution in [1.82, 2.24) is 0 Å². The van der Waals surface area contributed by atoms with Gasteiger partial charge < -0.3 is 10.4 Å². The van der Waals surface area contributed by atoms with Gasteiger partial charge in [-0.25, -0.2) is 0 Å². The molecule has 60 valence electrons. The molecule has 3 heteroatoms. The lowest BCUT2D eigenvalue weighted by Gasteiger charge is -2.22. The molecule has 0 atom stereocenters. The molecule has 0 amide bonds. The number of benzene rings is 1. The normalized spacial score (nSPS) is 9.82. The van der Waals surface area contributed by atoms with Crippen LogP contribution in [0.3, 0.4) is 0 Å². The summed E-state index contributed by atoms with van der Waals surface area (Å²) in [5.74, 6) is 0. The molecule has 0 spiro atoms. The molecule has 1 aromatic carbocycles. The average Bonchev–Trinajstić information content (AvgIpc) is 1.85. The Morgan fingerprint density at radius 3 is 2.00 bits per heavy atom. The van der Waals surface area contributed by atoms with E-state index >= 15 is 0 Å². The molecule has 0 saturated heterocycles. The second-order valence-corrected chi connectivity index (χ2v) is 2.62. The highest BCUT2D eigenvalue weighted by molar-refractivity contribution is 5.48. The number of nitrogens with zero attached hydrogens (tertiary/aromatic N) is 1. The van der Waals surface area contributed by atoms with Gasteiger partial charge in [0.05, 0.1) is 5.69 Å². The Balaban J connectivity index is 3.08. The van der Waals surface area contributed by atoms with Gasteiger partial charge in [-0.2, -0.15) is 0 Å². The summed E-state index contributed by atoms with van der Waals surface area (Å²) in [6.45, 7) is 3.75. The predicted octanol–water partition coefficient (Wildman–Crippen LogP) is 2.00. The third kappa shape index (κ3) is 1.93. The van der Waals surface area contributed by atoms with E-state index in [1.807, 2.05) is 19.9 Å². The molecule has 0 aliphatic rings. The highest BCUT2D eigenvalue weighted by Crippen LogP contribution is 2.15. The standard InChI is InChI=1S/C8H10NO2/c1-6-3-7(2)5-8(4-6)9(10)11/h3-5,10H,1-2H3/q-1. The van der Waals surface area contributed by atoms with Gasteiger partial charge in [0.25, 0.3) is 0 Å². The van der Waals surface area contributed by atoms with Crippen LogP contribution >= 0.6 is 0 Å². The quantitative estimate of drug-likeness (QED) is 0.626. The van der Waals surface area contributed by atoms with E-state index in [9.17, 15) is 5.21 Å². The van der Waals surface area contributed by atoms with Crippen molar-refractivity contribution in [3.63, 3.8) is 0 Å². The molecular formula is C8H10NO2-. The molecule has 1 N–H and O–H groups in total. The van der Waals surface area contributed by atoms with E-state index in [0.29, 0.717) is 0 Å². The number of hydrogen-bond donors (Lipinski definition) is 1. The molecule has 0 aliphatic heterocycles. The Bertz CT molecular complexity index is 238. The Morgan fingerprint density at radius 1 is 1.18 bits per heavy atom. The van der Waals surface area contributed by atoms with Crippen LogP contribution in [0, 0.1) is 19.1 Å². The van der Waals surface area contributed by atoms with Crippen LogP contribution in [0.4, 0.5) is 5.69 Å². The third-order valence-corrected chi connectivity index (χ3v) is 1.43. The first-order valence-electron chi connectivity index (χ1n) is 3.34. The summed E-state index contributed by atoms with van der Waals surface area (Å²) in [4.78, 5) is 0. The van der Waals surface area contributed by atoms with Crippen LogP contribution in [0.2, 0.25) is 0 Å². The van der Waals surface area contributed by atoms with Crippen LogP contribution < -0.4 is 5.23 Å². The molecule has 11 heavy (non-hydrogen) atoms. The van der Waals surface area contributed by atoms with Crippen molar-refractivity contribution >= 4 is 5.69 Å². The van der Waals surface area contributed by atoms with Gasteiger partial charge in [0.1, 0.15) is 0 Å². The predicted molar refractivity (Wildman–Crippen MR) is 43.5 cm³/mol. The second kappa shape index (κ2) is 2.90. The minimum Gasteiger partial charge on any atom is -0.733 e. The Hall–Kier alpha value is -1.06. The lowest BCUT2D eigenvalue weighted by molar-refractivity contribution is 0.296. The molecule has 0 radical (unpaired) electrons. The first-order valence-corrected chi connectivity index (χ1v) is 3.34. The molecular weight excluding hydrogens is 142 g/mol. The van der Waals surface area contributed by atoms with Crippen LogP contribution in [-0.2, 0) is 0 Å².